The molecule has 1 aromatic heterocycles. The molecule has 0 saturated heterocycles. The summed E-state index contributed by atoms with van der Waals surface area (Å²) in [5.41, 5.74) is 5.87. The average Bonchev–Trinajstić information content (AvgIpc) is 3.25. The maximum absolute atomic E-state index is 13.9. The van der Waals surface area contributed by atoms with Crippen molar-refractivity contribution in [1.29, 1.82) is 0 Å². The van der Waals surface area contributed by atoms with E-state index in [9.17, 15) is 14.7 Å². The second kappa shape index (κ2) is 9.79. The van der Waals surface area contributed by atoms with E-state index in [-0.39, 0.29) is 11.6 Å². The van der Waals surface area contributed by atoms with Crippen molar-refractivity contribution in [1.82, 2.24) is 4.57 Å². The van der Waals surface area contributed by atoms with Crippen LogP contribution >= 0.6 is 11.3 Å². The molecule has 0 bridgehead atoms. The number of methoxy groups -OCH3 is 1. The van der Waals surface area contributed by atoms with Gasteiger partial charge in [-0.05, 0) is 53.8 Å². The summed E-state index contributed by atoms with van der Waals surface area (Å²) in [6.07, 6.45) is 3.45. The van der Waals surface area contributed by atoms with E-state index in [0.29, 0.717) is 20.6 Å². The topological polar surface area (TPSA) is 93.0 Å². The van der Waals surface area contributed by atoms with Gasteiger partial charge in [0.2, 0.25) is 0 Å². The fourth-order valence-electron chi connectivity index (χ4n) is 5.18. The Morgan fingerprint density at radius 1 is 1.11 bits per heavy atom. The molecular formula is C30H23N2O5S-. The molecule has 7 nitrogen and oxygen atoms in total. The van der Waals surface area contributed by atoms with Crippen molar-refractivity contribution in [2.24, 2.45) is 4.99 Å². The number of carboxylic acids is 1. The van der Waals surface area contributed by atoms with E-state index in [1.807, 2.05) is 42.5 Å². The van der Waals surface area contributed by atoms with E-state index in [1.54, 1.807) is 36.0 Å². The number of carboxylic acid groups (broad SMARTS) is 1. The standard InChI is InChI=1S/C30H24N2O5S/c1-36-24-12-5-4-11-22(24)28-23-14-13-19-8-2-3-10-21(19)27(23)31-30-32(28)29(35)25(38-30)16-18-7-6-9-20(15-18)37-17-26(33)34/h2-12,15-16,28H,13-14,17H2,1H3,(H,33,34)/p-1/b25-16+. The Bertz CT molecular complexity index is 1780. The molecule has 1 aliphatic heterocycles. The molecule has 6 rings (SSSR count). The highest BCUT2D eigenvalue weighted by Crippen LogP contribution is 2.43. The van der Waals surface area contributed by atoms with Gasteiger partial charge in [-0.2, -0.15) is 0 Å². The molecule has 1 unspecified atom stereocenters. The highest BCUT2D eigenvalue weighted by Gasteiger charge is 2.33. The summed E-state index contributed by atoms with van der Waals surface area (Å²) >= 11 is 1.33. The van der Waals surface area contributed by atoms with Crippen molar-refractivity contribution in [3.05, 3.63) is 120 Å². The number of aryl methyl sites for hydroxylation is 1. The van der Waals surface area contributed by atoms with Crippen LogP contribution in [0.15, 0.2) is 88.2 Å². The van der Waals surface area contributed by atoms with Gasteiger partial charge in [-0.15, -0.1) is 0 Å². The van der Waals surface area contributed by atoms with Crippen LogP contribution in [0.5, 0.6) is 11.5 Å². The second-order valence-electron chi connectivity index (χ2n) is 9.09. The normalized spacial score (nSPS) is 16.2. The van der Waals surface area contributed by atoms with E-state index in [2.05, 4.69) is 12.1 Å². The lowest BCUT2D eigenvalue weighted by atomic mass is 9.83. The van der Waals surface area contributed by atoms with Gasteiger partial charge in [0, 0.05) is 11.1 Å². The molecule has 38 heavy (non-hydrogen) atoms. The maximum Gasteiger partial charge on any atom is 0.271 e. The molecule has 0 amide bonds. The van der Waals surface area contributed by atoms with Crippen molar-refractivity contribution in [2.45, 2.75) is 18.9 Å². The molecule has 0 N–H and O–H groups in total. The van der Waals surface area contributed by atoms with Gasteiger partial charge in [-0.3, -0.25) is 9.36 Å². The van der Waals surface area contributed by atoms with Crippen molar-refractivity contribution >= 4 is 29.1 Å². The Kier molecular flexibility index (Phi) is 6.17. The van der Waals surface area contributed by atoms with Gasteiger partial charge in [0.25, 0.3) is 5.56 Å². The summed E-state index contributed by atoms with van der Waals surface area (Å²) in [5, 5.41) is 10.8. The SMILES string of the molecule is COc1ccccc1C1C2=C(N=c3s/c(=C/c4cccc(OCC(=O)[O-])c4)c(=O)n31)c1ccccc1CC2. The maximum atomic E-state index is 13.9. The second-order valence-corrected chi connectivity index (χ2v) is 10.1. The summed E-state index contributed by atoms with van der Waals surface area (Å²) in [4.78, 5) is 30.4. The molecule has 0 spiro atoms. The number of rotatable bonds is 6. The number of nitrogens with zero attached hydrogens (tertiary/aromatic N) is 2. The summed E-state index contributed by atoms with van der Waals surface area (Å²) in [7, 11) is 1.64. The molecule has 190 valence electrons. The van der Waals surface area contributed by atoms with Crippen molar-refractivity contribution in [3.8, 4) is 11.5 Å². The number of hydrogen-bond acceptors (Lipinski definition) is 7. The first-order valence-corrected chi connectivity index (χ1v) is 13.0. The molecule has 8 heteroatoms. The molecule has 2 heterocycles. The Morgan fingerprint density at radius 2 is 1.92 bits per heavy atom. The number of fused-ring (bicyclic) bond motifs is 3. The fourth-order valence-corrected chi connectivity index (χ4v) is 6.18. The zero-order valence-electron chi connectivity index (χ0n) is 20.5. The molecule has 0 fully saturated rings. The molecule has 0 radical (unpaired) electrons. The van der Waals surface area contributed by atoms with Crippen molar-refractivity contribution < 1.29 is 19.4 Å². The molecule has 3 aromatic carbocycles. The minimum Gasteiger partial charge on any atom is -0.546 e. The molecule has 1 atom stereocenters. The molecule has 2 aliphatic rings. The zero-order chi connectivity index (χ0) is 26.2. The van der Waals surface area contributed by atoms with E-state index in [4.69, 9.17) is 14.5 Å². The number of aliphatic carboxylic acids is 1. The third kappa shape index (κ3) is 4.22. The number of hydrogen-bond donors (Lipinski definition) is 0. The minimum absolute atomic E-state index is 0.142. The monoisotopic (exact) mass is 523 g/mol. The number of para-hydroxylation sites is 1. The van der Waals surface area contributed by atoms with Crippen LogP contribution in [-0.4, -0.2) is 24.3 Å². The van der Waals surface area contributed by atoms with Crippen LogP contribution in [0.4, 0.5) is 0 Å². The lowest BCUT2D eigenvalue weighted by Gasteiger charge is -2.31. The van der Waals surface area contributed by atoms with Crippen LogP contribution in [0.25, 0.3) is 11.8 Å². The lowest BCUT2D eigenvalue weighted by Crippen LogP contribution is -2.39. The average molecular weight is 524 g/mol. The summed E-state index contributed by atoms with van der Waals surface area (Å²) in [6, 6.07) is 22.7. The third-order valence-corrected chi connectivity index (χ3v) is 7.80. The number of ether oxygens (including phenoxy) is 2. The largest absolute Gasteiger partial charge is 0.546 e. The zero-order valence-corrected chi connectivity index (χ0v) is 21.4. The Morgan fingerprint density at radius 3 is 2.76 bits per heavy atom. The van der Waals surface area contributed by atoms with Gasteiger partial charge >= 0.3 is 0 Å². The van der Waals surface area contributed by atoms with Gasteiger partial charge in [-0.25, -0.2) is 4.99 Å². The van der Waals surface area contributed by atoms with Crippen LogP contribution in [0, 0.1) is 0 Å². The Hall–Kier alpha value is -4.43. The molecular weight excluding hydrogens is 500 g/mol. The Balaban J connectivity index is 1.55. The minimum atomic E-state index is -1.30. The first-order valence-electron chi connectivity index (χ1n) is 12.2. The molecule has 0 saturated carbocycles. The molecule has 4 aromatic rings. The third-order valence-electron chi connectivity index (χ3n) is 6.82. The van der Waals surface area contributed by atoms with Gasteiger partial charge in [0.15, 0.2) is 4.80 Å². The predicted octanol–water partition coefficient (Wildman–Crippen LogP) is 2.46. The van der Waals surface area contributed by atoms with Gasteiger partial charge in [0.1, 0.15) is 18.1 Å². The first-order chi connectivity index (χ1) is 18.5. The van der Waals surface area contributed by atoms with Crippen molar-refractivity contribution in [2.75, 3.05) is 13.7 Å². The summed E-state index contributed by atoms with van der Waals surface area (Å²) in [6.45, 7) is -0.544. The van der Waals surface area contributed by atoms with Crippen LogP contribution in [0.3, 0.4) is 0 Å². The number of carbonyl (C=O) groups is 1. The van der Waals surface area contributed by atoms with E-state index < -0.39 is 12.6 Å². The smallest absolute Gasteiger partial charge is 0.271 e. The summed E-state index contributed by atoms with van der Waals surface area (Å²) < 4.78 is 13.3. The number of benzene rings is 3. The number of allylic oxidation sites excluding steroid dienone is 1. The van der Waals surface area contributed by atoms with Crippen LogP contribution < -0.4 is 29.5 Å². The van der Waals surface area contributed by atoms with Gasteiger partial charge in [0.05, 0.1) is 29.4 Å². The summed E-state index contributed by atoms with van der Waals surface area (Å²) in [5.74, 6) is -0.197. The predicted molar refractivity (Wildman–Crippen MR) is 143 cm³/mol. The van der Waals surface area contributed by atoms with Crippen molar-refractivity contribution in [3.63, 3.8) is 0 Å². The van der Waals surface area contributed by atoms with Crippen LogP contribution in [-0.2, 0) is 11.2 Å². The van der Waals surface area contributed by atoms with Gasteiger partial charge in [-0.1, -0.05) is 65.9 Å². The number of aromatic nitrogens is 1. The van der Waals surface area contributed by atoms with Crippen LogP contribution in [0.1, 0.15) is 34.7 Å². The quantitative estimate of drug-likeness (QED) is 0.387. The van der Waals surface area contributed by atoms with E-state index in [1.165, 1.54) is 16.9 Å². The fraction of sp³-hybridized carbons (Fsp3) is 0.167. The number of thiazole rings is 1. The van der Waals surface area contributed by atoms with Gasteiger partial charge < -0.3 is 19.4 Å². The van der Waals surface area contributed by atoms with Crippen LogP contribution in [0.2, 0.25) is 0 Å². The van der Waals surface area contributed by atoms with E-state index in [0.717, 1.165) is 41.0 Å². The lowest BCUT2D eigenvalue weighted by molar-refractivity contribution is -0.307. The highest BCUT2D eigenvalue weighted by atomic mass is 32.1. The first kappa shape index (κ1) is 23.9. The number of carbonyl (C=O) groups excluding carboxylic acids is 1. The van der Waals surface area contributed by atoms with E-state index >= 15 is 0 Å². The molecule has 1 aliphatic carbocycles. The Labute approximate surface area is 222 Å². The highest BCUT2D eigenvalue weighted by molar-refractivity contribution is 7.07.